The summed E-state index contributed by atoms with van der Waals surface area (Å²) in [6, 6.07) is 17.3. The number of hydrogen-bond acceptors (Lipinski definition) is 3. The molecule has 3 aromatic rings. The Balaban J connectivity index is 1.44. The van der Waals surface area contributed by atoms with Crippen molar-refractivity contribution in [3.63, 3.8) is 0 Å². The van der Waals surface area contributed by atoms with Gasteiger partial charge in [0, 0.05) is 12.1 Å². The summed E-state index contributed by atoms with van der Waals surface area (Å²) < 4.78 is 21.0. The van der Waals surface area contributed by atoms with Crippen LogP contribution < -0.4 is 4.74 Å². The summed E-state index contributed by atoms with van der Waals surface area (Å²) in [6.45, 7) is 1.99. The van der Waals surface area contributed by atoms with Gasteiger partial charge in [-0.1, -0.05) is 24.3 Å². The highest BCUT2D eigenvalue weighted by Crippen LogP contribution is 2.18. The number of rotatable bonds is 4. The summed E-state index contributed by atoms with van der Waals surface area (Å²) in [7, 11) is 0. The van der Waals surface area contributed by atoms with Gasteiger partial charge < -0.3 is 9.64 Å². The summed E-state index contributed by atoms with van der Waals surface area (Å²) in [4.78, 5) is 14.3. The molecule has 0 saturated carbocycles. The summed E-state index contributed by atoms with van der Waals surface area (Å²) in [5.74, 6) is 0.221. The molecule has 1 aliphatic rings. The molecule has 0 bridgehead atoms. The highest BCUT2D eigenvalue weighted by atomic mass is 19.1. The van der Waals surface area contributed by atoms with Crippen LogP contribution in [0, 0.1) is 5.82 Å². The third kappa shape index (κ3) is 3.44. The zero-order valence-corrected chi connectivity index (χ0v) is 14.1. The molecule has 1 aliphatic heterocycles. The van der Waals surface area contributed by atoms with Crippen LogP contribution in [-0.2, 0) is 19.7 Å². The second kappa shape index (κ2) is 7.00. The molecule has 0 radical (unpaired) electrons. The van der Waals surface area contributed by atoms with Crippen LogP contribution in [0.2, 0.25) is 0 Å². The number of amides is 1. The number of carbonyl (C=O) groups is 1. The average Bonchev–Trinajstić information content (AvgIpc) is 3.08. The Hall–Kier alpha value is -3.15. The monoisotopic (exact) mass is 351 g/mol. The van der Waals surface area contributed by atoms with Gasteiger partial charge in [0.2, 0.25) is 0 Å². The van der Waals surface area contributed by atoms with Crippen LogP contribution in [0.5, 0.6) is 5.75 Å². The zero-order valence-electron chi connectivity index (χ0n) is 14.1. The van der Waals surface area contributed by atoms with Gasteiger partial charge in [-0.3, -0.25) is 9.48 Å². The van der Waals surface area contributed by atoms with Gasteiger partial charge in [-0.15, -0.1) is 0 Å². The van der Waals surface area contributed by atoms with E-state index in [1.807, 2.05) is 41.1 Å². The number of hydrogen-bond donors (Lipinski definition) is 0. The molecule has 0 aliphatic carbocycles. The summed E-state index contributed by atoms with van der Waals surface area (Å²) in [5.41, 5.74) is 2.14. The maximum absolute atomic E-state index is 13.4. The number of halogens is 1. The predicted octanol–water partition coefficient (Wildman–Crippen LogP) is 3.26. The molecule has 2 aromatic carbocycles. The van der Waals surface area contributed by atoms with Crippen molar-refractivity contribution < 1.29 is 13.9 Å². The molecule has 132 valence electrons. The summed E-state index contributed by atoms with van der Waals surface area (Å²) >= 11 is 0. The number of fused-ring (bicyclic) bond motifs is 1. The Morgan fingerprint density at radius 3 is 2.73 bits per heavy atom. The first-order valence-corrected chi connectivity index (χ1v) is 8.47. The topological polar surface area (TPSA) is 47.4 Å². The number of carbonyl (C=O) groups excluding carboxylic acids is 1. The molecule has 0 atom stereocenters. The van der Waals surface area contributed by atoms with Crippen molar-refractivity contribution in [2.24, 2.45) is 0 Å². The molecular weight excluding hydrogens is 333 g/mol. The fraction of sp³-hybridized carbons (Fsp3) is 0.200. The maximum Gasteiger partial charge on any atom is 0.254 e. The number of ether oxygens (including phenoxy) is 1. The van der Waals surface area contributed by atoms with Crippen LogP contribution >= 0.6 is 0 Å². The molecule has 0 saturated heterocycles. The second-order valence-electron chi connectivity index (χ2n) is 6.19. The zero-order chi connectivity index (χ0) is 17.9. The van der Waals surface area contributed by atoms with Gasteiger partial charge in [0.05, 0.1) is 18.8 Å². The standard InChI is InChI=1S/C20H18FN3O2/c21-16-6-4-5-15(11-16)20(25)23-9-10-24-18(13-23)12-17(22-24)14-26-19-7-2-1-3-8-19/h1-8,11-12H,9-10,13-14H2. The number of nitrogens with zero attached hydrogens (tertiary/aromatic N) is 3. The Bertz CT molecular complexity index is 924. The van der Waals surface area contributed by atoms with Crippen molar-refractivity contribution in [1.82, 2.24) is 14.7 Å². The second-order valence-corrected chi connectivity index (χ2v) is 6.19. The fourth-order valence-corrected chi connectivity index (χ4v) is 3.05. The van der Waals surface area contributed by atoms with Gasteiger partial charge >= 0.3 is 0 Å². The molecular formula is C20H18FN3O2. The van der Waals surface area contributed by atoms with Gasteiger partial charge in [0.25, 0.3) is 5.91 Å². The van der Waals surface area contributed by atoms with E-state index >= 15 is 0 Å². The van der Waals surface area contributed by atoms with E-state index in [-0.39, 0.29) is 5.91 Å². The van der Waals surface area contributed by atoms with Crippen LogP contribution in [0.4, 0.5) is 4.39 Å². The van der Waals surface area contributed by atoms with Crippen LogP contribution in [0.25, 0.3) is 0 Å². The number of para-hydroxylation sites is 1. The maximum atomic E-state index is 13.4. The smallest absolute Gasteiger partial charge is 0.254 e. The summed E-state index contributed by atoms with van der Waals surface area (Å²) in [6.07, 6.45) is 0. The minimum absolute atomic E-state index is 0.168. The molecule has 5 nitrogen and oxygen atoms in total. The quantitative estimate of drug-likeness (QED) is 0.725. The van der Waals surface area contributed by atoms with E-state index < -0.39 is 5.82 Å². The van der Waals surface area contributed by atoms with E-state index in [1.165, 1.54) is 12.1 Å². The van der Waals surface area contributed by atoms with E-state index in [0.717, 1.165) is 17.1 Å². The molecule has 1 amide bonds. The van der Waals surface area contributed by atoms with Crippen molar-refractivity contribution in [3.8, 4) is 5.75 Å². The first-order valence-electron chi connectivity index (χ1n) is 8.47. The van der Waals surface area contributed by atoms with Crippen LogP contribution in [-0.4, -0.2) is 27.1 Å². The highest BCUT2D eigenvalue weighted by Gasteiger charge is 2.23. The van der Waals surface area contributed by atoms with Crippen molar-refractivity contribution in [2.45, 2.75) is 19.7 Å². The lowest BCUT2D eigenvalue weighted by Crippen LogP contribution is -2.38. The van der Waals surface area contributed by atoms with Crippen LogP contribution in [0.3, 0.4) is 0 Å². The first kappa shape index (κ1) is 16.3. The Labute approximate surface area is 150 Å². The summed E-state index contributed by atoms with van der Waals surface area (Å²) in [5, 5.41) is 4.54. The molecule has 26 heavy (non-hydrogen) atoms. The minimum atomic E-state index is -0.404. The van der Waals surface area contributed by atoms with E-state index in [2.05, 4.69) is 5.10 Å². The number of benzene rings is 2. The average molecular weight is 351 g/mol. The number of aromatic nitrogens is 2. The lowest BCUT2D eigenvalue weighted by molar-refractivity contribution is 0.0705. The normalized spacial score (nSPS) is 13.3. The third-order valence-electron chi connectivity index (χ3n) is 4.34. The Kier molecular flexibility index (Phi) is 4.39. The van der Waals surface area contributed by atoms with Crippen molar-refractivity contribution in [2.75, 3.05) is 6.54 Å². The largest absolute Gasteiger partial charge is 0.487 e. The molecule has 0 N–H and O–H groups in total. The molecule has 4 rings (SSSR count). The van der Waals surface area contributed by atoms with Crippen molar-refractivity contribution in [3.05, 3.63) is 83.4 Å². The highest BCUT2D eigenvalue weighted by molar-refractivity contribution is 5.94. The van der Waals surface area contributed by atoms with E-state index in [9.17, 15) is 9.18 Å². The van der Waals surface area contributed by atoms with Gasteiger partial charge in [-0.25, -0.2) is 4.39 Å². The molecule has 2 heterocycles. The van der Waals surface area contributed by atoms with Crippen molar-refractivity contribution in [1.29, 1.82) is 0 Å². The van der Waals surface area contributed by atoms with Crippen LogP contribution in [0.15, 0.2) is 60.7 Å². The fourth-order valence-electron chi connectivity index (χ4n) is 3.05. The molecule has 0 fully saturated rings. The lowest BCUT2D eigenvalue weighted by atomic mass is 10.1. The third-order valence-corrected chi connectivity index (χ3v) is 4.34. The lowest BCUT2D eigenvalue weighted by Gasteiger charge is -2.27. The molecule has 1 aromatic heterocycles. The van der Waals surface area contributed by atoms with Gasteiger partial charge in [-0.05, 0) is 36.4 Å². The van der Waals surface area contributed by atoms with Crippen LogP contribution in [0.1, 0.15) is 21.7 Å². The Morgan fingerprint density at radius 1 is 1.08 bits per heavy atom. The molecule has 0 spiro atoms. The van der Waals surface area contributed by atoms with Crippen molar-refractivity contribution >= 4 is 5.91 Å². The van der Waals surface area contributed by atoms with E-state index in [4.69, 9.17) is 4.74 Å². The van der Waals surface area contributed by atoms with E-state index in [0.29, 0.717) is 31.8 Å². The SMILES string of the molecule is O=C(c1cccc(F)c1)N1CCn2nc(COc3ccccc3)cc2C1. The van der Waals surface area contributed by atoms with Gasteiger partial charge in [-0.2, -0.15) is 5.10 Å². The van der Waals surface area contributed by atoms with Gasteiger partial charge in [0.15, 0.2) is 0 Å². The molecule has 6 heteroatoms. The van der Waals surface area contributed by atoms with Gasteiger partial charge in [0.1, 0.15) is 23.9 Å². The Morgan fingerprint density at radius 2 is 1.92 bits per heavy atom. The predicted molar refractivity (Wildman–Crippen MR) is 94.1 cm³/mol. The first-order chi connectivity index (χ1) is 12.7. The molecule has 0 unspecified atom stereocenters. The minimum Gasteiger partial charge on any atom is -0.487 e. The van der Waals surface area contributed by atoms with E-state index in [1.54, 1.807) is 17.0 Å².